The van der Waals surface area contributed by atoms with Gasteiger partial charge >= 0.3 is 0 Å². The van der Waals surface area contributed by atoms with Crippen LogP contribution >= 0.6 is 11.6 Å². The molecule has 0 spiro atoms. The Morgan fingerprint density at radius 2 is 1.76 bits per heavy atom. The van der Waals surface area contributed by atoms with Crippen LogP contribution in [0.3, 0.4) is 0 Å². The molecule has 0 radical (unpaired) electrons. The lowest BCUT2D eigenvalue weighted by Gasteiger charge is -2.34. The first-order chi connectivity index (χ1) is 15.9. The van der Waals surface area contributed by atoms with Gasteiger partial charge in [-0.05, 0) is 61.4 Å². The Kier molecular flexibility index (Phi) is 7.05. The normalized spacial score (nSPS) is 14.3. The van der Waals surface area contributed by atoms with Crippen LogP contribution in [0.1, 0.15) is 27.4 Å². The molecule has 172 valence electrons. The Hall–Kier alpha value is -3.23. The van der Waals surface area contributed by atoms with E-state index in [1.807, 2.05) is 38.1 Å². The quantitative estimate of drug-likeness (QED) is 0.599. The third-order valence-corrected chi connectivity index (χ3v) is 6.08. The summed E-state index contributed by atoms with van der Waals surface area (Å²) >= 11 is 5.92. The van der Waals surface area contributed by atoms with Crippen LogP contribution in [-0.4, -0.2) is 64.5 Å². The van der Waals surface area contributed by atoms with Gasteiger partial charge < -0.3 is 14.7 Å². The number of hydrogen-bond acceptors (Lipinski definition) is 6. The van der Waals surface area contributed by atoms with E-state index >= 15 is 0 Å². The molecule has 8 nitrogen and oxygen atoms in total. The number of carbonyl (C=O) groups excluding carboxylic acids is 2. The number of amides is 2. The highest BCUT2D eigenvalue weighted by Crippen LogP contribution is 2.19. The van der Waals surface area contributed by atoms with Crippen molar-refractivity contribution >= 4 is 23.4 Å². The molecule has 33 heavy (non-hydrogen) atoms. The summed E-state index contributed by atoms with van der Waals surface area (Å²) in [6.45, 7) is 7.00. The molecular formula is C24H26ClN5O3. The number of piperazine rings is 1. The number of benzene rings is 2. The van der Waals surface area contributed by atoms with Crippen LogP contribution in [0, 0.1) is 13.8 Å². The molecule has 1 N–H and O–H groups in total. The lowest BCUT2D eigenvalue weighted by molar-refractivity contribution is -0.131. The van der Waals surface area contributed by atoms with Gasteiger partial charge in [0.25, 0.3) is 5.91 Å². The number of nitrogens with one attached hydrogen (secondary N) is 1. The summed E-state index contributed by atoms with van der Waals surface area (Å²) in [7, 11) is 0. The van der Waals surface area contributed by atoms with Crippen molar-refractivity contribution in [2.45, 2.75) is 20.4 Å². The molecule has 0 saturated carbocycles. The van der Waals surface area contributed by atoms with Gasteiger partial charge in [0.2, 0.25) is 17.6 Å². The van der Waals surface area contributed by atoms with E-state index in [1.165, 1.54) is 0 Å². The van der Waals surface area contributed by atoms with Crippen molar-refractivity contribution in [3.8, 4) is 11.4 Å². The molecule has 1 aliphatic rings. The van der Waals surface area contributed by atoms with Gasteiger partial charge in [0, 0.05) is 42.3 Å². The number of halogens is 1. The molecule has 3 aromatic rings. The number of aromatic nitrogens is 2. The third-order valence-electron chi connectivity index (χ3n) is 5.82. The maximum absolute atomic E-state index is 12.5. The van der Waals surface area contributed by atoms with E-state index in [0.717, 1.165) is 16.7 Å². The largest absolute Gasteiger partial charge is 0.343 e. The van der Waals surface area contributed by atoms with Crippen molar-refractivity contribution in [1.82, 2.24) is 25.3 Å². The molecule has 1 saturated heterocycles. The Bertz CT molecular complexity index is 1140. The first-order valence-electron chi connectivity index (χ1n) is 10.8. The van der Waals surface area contributed by atoms with Gasteiger partial charge in [-0.2, -0.15) is 4.98 Å². The maximum Gasteiger partial charge on any atom is 0.251 e. The monoisotopic (exact) mass is 467 g/mol. The van der Waals surface area contributed by atoms with Crippen molar-refractivity contribution in [2.24, 2.45) is 0 Å². The zero-order chi connectivity index (χ0) is 23.4. The zero-order valence-corrected chi connectivity index (χ0v) is 19.4. The molecule has 1 aliphatic heterocycles. The molecular weight excluding hydrogens is 442 g/mol. The maximum atomic E-state index is 12.5. The van der Waals surface area contributed by atoms with Crippen molar-refractivity contribution in [3.05, 3.63) is 70.1 Å². The van der Waals surface area contributed by atoms with Crippen molar-refractivity contribution < 1.29 is 14.1 Å². The minimum absolute atomic E-state index is 0.0140. The average Bonchev–Trinajstić information content (AvgIpc) is 3.28. The predicted octanol–water partition coefficient (Wildman–Crippen LogP) is 3.08. The molecule has 4 rings (SSSR count). The van der Waals surface area contributed by atoms with E-state index in [1.54, 1.807) is 23.1 Å². The van der Waals surface area contributed by atoms with Crippen LogP contribution in [0.2, 0.25) is 5.02 Å². The van der Waals surface area contributed by atoms with Crippen LogP contribution < -0.4 is 5.32 Å². The fraction of sp³-hybridized carbons (Fsp3) is 0.333. The molecule has 2 aromatic carbocycles. The molecule has 9 heteroatoms. The number of aryl methyl sites for hydroxylation is 2. The summed E-state index contributed by atoms with van der Waals surface area (Å²) in [4.78, 5) is 33.3. The molecule has 0 atom stereocenters. The number of rotatable bonds is 6. The first-order valence-corrected chi connectivity index (χ1v) is 11.2. The summed E-state index contributed by atoms with van der Waals surface area (Å²) in [6.07, 6.45) is 0. The van der Waals surface area contributed by atoms with Crippen LogP contribution in [0.15, 0.2) is 47.0 Å². The lowest BCUT2D eigenvalue weighted by atomic mass is 10.1. The fourth-order valence-corrected chi connectivity index (χ4v) is 3.76. The van der Waals surface area contributed by atoms with Gasteiger partial charge in [-0.1, -0.05) is 22.8 Å². The summed E-state index contributed by atoms with van der Waals surface area (Å²) < 4.78 is 5.39. The van der Waals surface area contributed by atoms with E-state index in [9.17, 15) is 9.59 Å². The Morgan fingerprint density at radius 3 is 2.45 bits per heavy atom. The number of carbonyl (C=O) groups is 2. The Morgan fingerprint density at radius 1 is 1.03 bits per heavy atom. The molecule has 2 amide bonds. The Balaban J connectivity index is 1.23. The van der Waals surface area contributed by atoms with Crippen molar-refractivity contribution in [2.75, 3.05) is 32.7 Å². The van der Waals surface area contributed by atoms with Gasteiger partial charge in [0.15, 0.2) is 0 Å². The SMILES string of the molecule is Cc1ccc(C(=O)NCC(=O)N2CCN(Cc3nc(-c4ccc(Cl)cc4)no3)CC2)cc1C. The highest BCUT2D eigenvalue weighted by atomic mass is 35.5. The lowest BCUT2D eigenvalue weighted by Crippen LogP contribution is -2.50. The zero-order valence-electron chi connectivity index (χ0n) is 18.7. The van der Waals surface area contributed by atoms with Crippen molar-refractivity contribution in [3.63, 3.8) is 0 Å². The highest BCUT2D eigenvalue weighted by Gasteiger charge is 2.23. The highest BCUT2D eigenvalue weighted by molar-refractivity contribution is 6.30. The minimum atomic E-state index is -0.238. The molecule has 1 aromatic heterocycles. The Labute approximate surface area is 197 Å². The van der Waals surface area contributed by atoms with Crippen LogP contribution in [0.4, 0.5) is 0 Å². The predicted molar refractivity (Wildman–Crippen MR) is 125 cm³/mol. The van der Waals surface area contributed by atoms with Gasteiger partial charge in [0.05, 0.1) is 13.1 Å². The van der Waals surface area contributed by atoms with Crippen LogP contribution in [-0.2, 0) is 11.3 Å². The summed E-state index contributed by atoms with van der Waals surface area (Å²) in [6, 6.07) is 12.8. The second kappa shape index (κ2) is 10.1. The second-order valence-electron chi connectivity index (χ2n) is 8.16. The minimum Gasteiger partial charge on any atom is -0.343 e. The molecule has 0 unspecified atom stereocenters. The van der Waals surface area contributed by atoms with Crippen LogP contribution in [0.25, 0.3) is 11.4 Å². The first kappa shape index (κ1) is 22.9. The van der Waals surface area contributed by atoms with E-state index in [2.05, 4.69) is 20.4 Å². The average molecular weight is 468 g/mol. The number of hydrogen-bond donors (Lipinski definition) is 1. The van der Waals surface area contributed by atoms with E-state index in [4.69, 9.17) is 16.1 Å². The number of nitrogens with zero attached hydrogens (tertiary/aromatic N) is 4. The van der Waals surface area contributed by atoms with E-state index in [-0.39, 0.29) is 18.4 Å². The summed E-state index contributed by atoms with van der Waals surface area (Å²) in [5, 5.41) is 7.42. The smallest absolute Gasteiger partial charge is 0.251 e. The summed E-state index contributed by atoms with van der Waals surface area (Å²) in [5.41, 5.74) is 3.58. The molecule has 0 bridgehead atoms. The molecule has 0 aliphatic carbocycles. The second-order valence-corrected chi connectivity index (χ2v) is 8.59. The molecule has 2 heterocycles. The van der Waals surface area contributed by atoms with Gasteiger partial charge in [-0.15, -0.1) is 0 Å². The van der Waals surface area contributed by atoms with Crippen molar-refractivity contribution in [1.29, 1.82) is 0 Å². The molecule has 1 fully saturated rings. The fourth-order valence-electron chi connectivity index (χ4n) is 3.63. The van der Waals surface area contributed by atoms with E-state index in [0.29, 0.717) is 55.0 Å². The van der Waals surface area contributed by atoms with Gasteiger partial charge in [-0.25, -0.2) is 0 Å². The van der Waals surface area contributed by atoms with Crippen LogP contribution in [0.5, 0.6) is 0 Å². The van der Waals surface area contributed by atoms with E-state index < -0.39 is 0 Å². The van der Waals surface area contributed by atoms with Gasteiger partial charge in [0.1, 0.15) is 0 Å². The standard InChI is InChI=1S/C24H26ClN5O3/c1-16-3-4-19(13-17(16)2)24(32)26-14-22(31)30-11-9-29(10-12-30)15-21-27-23(28-33-21)18-5-7-20(25)8-6-18/h3-8,13H,9-12,14-15H2,1-2H3,(H,26,32). The van der Waals surface area contributed by atoms with Gasteiger partial charge in [-0.3, -0.25) is 14.5 Å². The summed E-state index contributed by atoms with van der Waals surface area (Å²) in [5.74, 6) is 0.725. The third kappa shape index (κ3) is 5.77. The topological polar surface area (TPSA) is 91.6 Å².